The van der Waals surface area contributed by atoms with Gasteiger partial charge in [-0.1, -0.05) is 21.9 Å². The Hall–Kier alpha value is -1.27. The molecule has 0 unspecified atom stereocenters. The van der Waals surface area contributed by atoms with Crippen molar-refractivity contribution in [1.29, 1.82) is 0 Å². The van der Waals surface area contributed by atoms with E-state index in [1.807, 2.05) is 25.1 Å². The maximum absolute atomic E-state index is 11.2. The third kappa shape index (κ3) is 2.90. The standard InChI is InChI=1S/C11H10BrNO/c1-3-4-11(14)13-10-6-5-9(12)7-8(10)2/h1,5-7H,4H2,2H3,(H,13,14). The second-order valence-corrected chi connectivity index (χ2v) is 3.80. The second kappa shape index (κ2) is 4.83. The summed E-state index contributed by atoms with van der Waals surface area (Å²) in [6.45, 7) is 1.93. The highest BCUT2D eigenvalue weighted by Gasteiger charge is 2.02. The number of halogens is 1. The molecule has 0 atom stereocenters. The van der Waals surface area contributed by atoms with Crippen molar-refractivity contribution in [2.45, 2.75) is 13.3 Å². The van der Waals surface area contributed by atoms with Gasteiger partial charge in [-0.25, -0.2) is 0 Å². The average molecular weight is 252 g/mol. The zero-order valence-corrected chi connectivity index (χ0v) is 9.39. The van der Waals surface area contributed by atoms with Gasteiger partial charge >= 0.3 is 0 Å². The van der Waals surface area contributed by atoms with Crippen LogP contribution < -0.4 is 5.32 Å². The van der Waals surface area contributed by atoms with Crippen LogP contribution in [0.4, 0.5) is 5.69 Å². The van der Waals surface area contributed by atoms with Crippen molar-refractivity contribution in [2.75, 3.05) is 5.32 Å². The van der Waals surface area contributed by atoms with Gasteiger partial charge in [-0.2, -0.15) is 0 Å². The maximum Gasteiger partial charge on any atom is 0.236 e. The van der Waals surface area contributed by atoms with Gasteiger partial charge in [0.05, 0.1) is 6.42 Å². The number of carbonyl (C=O) groups is 1. The van der Waals surface area contributed by atoms with Crippen LogP contribution in [-0.4, -0.2) is 5.91 Å². The zero-order valence-electron chi connectivity index (χ0n) is 7.80. The average Bonchev–Trinajstić information content (AvgIpc) is 2.10. The van der Waals surface area contributed by atoms with Crippen LogP contribution in [0.25, 0.3) is 0 Å². The first-order chi connectivity index (χ1) is 6.63. The molecule has 0 aromatic heterocycles. The van der Waals surface area contributed by atoms with Crippen LogP contribution in [0, 0.1) is 19.3 Å². The summed E-state index contributed by atoms with van der Waals surface area (Å²) >= 11 is 3.35. The third-order valence-electron chi connectivity index (χ3n) is 1.73. The number of rotatable bonds is 2. The Morgan fingerprint density at radius 1 is 1.64 bits per heavy atom. The molecule has 0 saturated heterocycles. The van der Waals surface area contributed by atoms with Gasteiger partial charge in [-0.15, -0.1) is 6.42 Å². The summed E-state index contributed by atoms with van der Waals surface area (Å²) in [6, 6.07) is 5.65. The van der Waals surface area contributed by atoms with E-state index in [0.717, 1.165) is 15.7 Å². The fourth-order valence-electron chi connectivity index (χ4n) is 1.05. The fourth-order valence-corrected chi connectivity index (χ4v) is 1.53. The smallest absolute Gasteiger partial charge is 0.236 e. The molecule has 3 heteroatoms. The highest BCUT2D eigenvalue weighted by atomic mass is 79.9. The lowest BCUT2D eigenvalue weighted by Gasteiger charge is -2.06. The van der Waals surface area contributed by atoms with E-state index in [1.165, 1.54) is 0 Å². The number of aryl methyl sites for hydroxylation is 1. The molecule has 1 amide bonds. The number of terminal acetylenes is 1. The lowest BCUT2D eigenvalue weighted by Crippen LogP contribution is -2.10. The Morgan fingerprint density at radius 2 is 2.36 bits per heavy atom. The minimum Gasteiger partial charge on any atom is -0.325 e. The highest BCUT2D eigenvalue weighted by Crippen LogP contribution is 2.19. The van der Waals surface area contributed by atoms with Crippen molar-refractivity contribution in [3.63, 3.8) is 0 Å². The minimum atomic E-state index is -0.155. The van der Waals surface area contributed by atoms with E-state index in [-0.39, 0.29) is 12.3 Å². The molecule has 1 N–H and O–H groups in total. The molecule has 0 fully saturated rings. The Kier molecular flexibility index (Phi) is 3.73. The van der Waals surface area contributed by atoms with Crippen LogP contribution in [-0.2, 0) is 4.79 Å². The van der Waals surface area contributed by atoms with Crippen molar-refractivity contribution in [2.24, 2.45) is 0 Å². The first kappa shape index (κ1) is 10.8. The molecule has 0 aliphatic carbocycles. The Balaban J connectivity index is 2.78. The predicted molar refractivity (Wildman–Crippen MR) is 61.0 cm³/mol. The van der Waals surface area contributed by atoms with E-state index >= 15 is 0 Å². The van der Waals surface area contributed by atoms with Gasteiger partial charge in [0.15, 0.2) is 0 Å². The number of carbonyl (C=O) groups excluding carboxylic acids is 1. The van der Waals surface area contributed by atoms with Gasteiger partial charge in [-0.05, 0) is 30.7 Å². The summed E-state index contributed by atoms with van der Waals surface area (Å²) in [7, 11) is 0. The van der Waals surface area contributed by atoms with Crippen LogP contribution in [0.2, 0.25) is 0 Å². The monoisotopic (exact) mass is 251 g/mol. The molecule has 1 aromatic rings. The Bertz CT molecular complexity index is 393. The van der Waals surface area contributed by atoms with Gasteiger partial charge in [0.2, 0.25) is 5.91 Å². The Labute approximate surface area is 91.8 Å². The molecule has 0 bridgehead atoms. The molecule has 0 aliphatic rings. The molecule has 0 heterocycles. The largest absolute Gasteiger partial charge is 0.325 e. The summed E-state index contributed by atoms with van der Waals surface area (Å²) < 4.78 is 0.991. The van der Waals surface area contributed by atoms with E-state index in [9.17, 15) is 4.79 Å². The molecule has 0 radical (unpaired) electrons. The van der Waals surface area contributed by atoms with Crippen molar-refractivity contribution in [3.05, 3.63) is 28.2 Å². The van der Waals surface area contributed by atoms with Crippen molar-refractivity contribution in [1.82, 2.24) is 0 Å². The lowest BCUT2D eigenvalue weighted by atomic mass is 10.2. The number of nitrogens with one attached hydrogen (secondary N) is 1. The number of anilines is 1. The van der Waals surface area contributed by atoms with Crippen LogP contribution >= 0.6 is 15.9 Å². The van der Waals surface area contributed by atoms with Crippen LogP contribution in [0.3, 0.4) is 0 Å². The molecule has 14 heavy (non-hydrogen) atoms. The number of hydrogen-bond donors (Lipinski definition) is 1. The predicted octanol–water partition coefficient (Wildman–Crippen LogP) is 2.72. The Morgan fingerprint density at radius 3 is 2.93 bits per heavy atom. The summed E-state index contributed by atoms with van der Waals surface area (Å²) in [5.74, 6) is 2.14. The fraction of sp³-hybridized carbons (Fsp3) is 0.182. The molecular formula is C11H10BrNO. The topological polar surface area (TPSA) is 29.1 Å². The molecule has 2 nitrogen and oxygen atoms in total. The molecule has 72 valence electrons. The molecular weight excluding hydrogens is 242 g/mol. The van der Waals surface area contributed by atoms with E-state index in [1.54, 1.807) is 0 Å². The van der Waals surface area contributed by atoms with Crippen LogP contribution in [0.1, 0.15) is 12.0 Å². The molecule has 0 spiro atoms. The lowest BCUT2D eigenvalue weighted by molar-refractivity contribution is -0.115. The van der Waals surface area contributed by atoms with Gasteiger partial charge in [0, 0.05) is 10.2 Å². The third-order valence-corrected chi connectivity index (χ3v) is 2.22. The van der Waals surface area contributed by atoms with Crippen LogP contribution in [0.15, 0.2) is 22.7 Å². The van der Waals surface area contributed by atoms with Crippen molar-refractivity contribution in [3.8, 4) is 12.3 Å². The first-order valence-electron chi connectivity index (χ1n) is 4.13. The minimum absolute atomic E-state index is 0.107. The van der Waals surface area contributed by atoms with Gasteiger partial charge in [0.25, 0.3) is 0 Å². The van der Waals surface area contributed by atoms with Gasteiger partial charge in [-0.3, -0.25) is 4.79 Å². The van der Waals surface area contributed by atoms with E-state index in [0.29, 0.717) is 0 Å². The zero-order chi connectivity index (χ0) is 10.6. The molecule has 1 aromatic carbocycles. The molecule has 0 saturated carbocycles. The number of hydrogen-bond acceptors (Lipinski definition) is 1. The first-order valence-corrected chi connectivity index (χ1v) is 4.92. The highest BCUT2D eigenvalue weighted by molar-refractivity contribution is 9.10. The molecule has 1 rings (SSSR count). The summed E-state index contributed by atoms with van der Waals surface area (Å²) in [5.41, 5.74) is 1.80. The normalized spacial score (nSPS) is 9.21. The SMILES string of the molecule is C#CCC(=O)Nc1ccc(Br)cc1C. The van der Waals surface area contributed by atoms with E-state index < -0.39 is 0 Å². The van der Waals surface area contributed by atoms with Gasteiger partial charge < -0.3 is 5.32 Å². The number of amides is 1. The maximum atomic E-state index is 11.2. The van der Waals surface area contributed by atoms with Crippen molar-refractivity contribution >= 4 is 27.5 Å². The molecule has 0 aliphatic heterocycles. The van der Waals surface area contributed by atoms with Crippen LogP contribution in [0.5, 0.6) is 0 Å². The van der Waals surface area contributed by atoms with E-state index in [4.69, 9.17) is 6.42 Å². The van der Waals surface area contributed by atoms with Crippen molar-refractivity contribution < 1.29 is 4.79 Å². The summed E-state index contributed by atoms with van der Waals surface area (Å²) in [5, 5.41) is 2.74. The quantitative estimate of drug-likeness (QED) is 0.805. The van der Waals surface area contributed by atoms with E-state index in [2.05, 4.69) is 27.2 Å². The number of benzene rings is 1. The summed E-state index contributed by atoms with van der Waals surface area (Å²) in [6.07, 6.45) is 5.13. The summed E-state index contributed by atoms with van der Waals surface area (Å²) in [4.78, 5) is 11.2. The second-order valence-electron chi connectivity index (χ2n) is 2.89. The van der Waals surface area contributed by atoms with Gasteiger partial charge in [0.1, 0.15) is 0 Å².